The molecule has 0 aliphatic heterocycles. The Morgan fingerprint density at radius 2 is 2.04 bits per heavy atom. The Hall–Kier alpha value is -1.70. The second-order valence-electron chi connectivity index (χ2n) is 6.07. The average molecular weight is 441 g/mol. The van der Waals surface area contributed by atoms with Crippen molar-refractivity contribution in [1.29, 1.82) is 0 Å². The van der Waals surface area contributed by atoms with Crippen LogP contribution < -0.4 is 10.1 Å². The number of nitrogens with one attached hydrogen (secondary N) is 1. The number of hydrogen-bond donors (Lipinski definition) is 1. The minimum Gasteiger partial charge on any atom is -0.496 e. The molecule has 8 heteroatoms. The van der Waals surface area contributed by atoms with Gasteiger partial charge in [-0.3, -0.25) is 9.59 Å². The summed E-state index contributed by atoms with van der Waals surface area (Å²) < 4.78 is 5.96. The van der Waals surface area contributed by atoms with Crippen molar-refractivity contribution >= 4 is 46.5 Å². The van der Waals surface area contributed by atoms with Gasteiger partial charge >= 0.3 is 0 Å². The fourth-order valence-corrected chi connectivity index (χ4v) is 4.33. The van der Waals surface area contributed by atoms with Crippen LogP contribution in [0.3, 0.4) is 0 Å². The summed E-state index contributed by atoms with van der Waals surface area (Å²) in [5.74, 6) is 0.846. The van der Waals surface area contributed by atoms with Crippen molar-refractivity contribution in [3.8, 4) is 5.75 Å². The summed E-state index contributed by atoms with van der Waals surface area (Å²) in [6.07, 6.45) is 2.54. The highest BCUT2D eigenvalue weighted by molar-refractivity contribution is 7.98. The molecule has 0 spiro atoms. The zero-order valence-corrected chi connectivity index (χ0v) is 18.6. The number of halogens is 1. The maximum atomic E-state index is 13.2. The molecule has 1 unspecified atom stereocenters. The van der Waals surface area contributed by atoms with Gasteiger partial charge in [0.1, 0.15) is 11.8 Å². The lowest BCUT2D eigenvalue weighted by Crippen LogP contribution is -2.48. The van der Waals surface area contributed by atoms with Crippen molar-refractivity contribution < 1.29 is 14.3 Å². The predicted octanol–water partition coefficient (Wildman–Crippen LogP) is 4.31. The Bertz CT molecular complexity index is 797. The first-order valence-corrected chi connectivity index (χ1v) is 11.5. The summed E-state index contributed by atoms with van der Waals surface area (Å²) in [6.45, 7) is 2.96. The summed E-state index contributed by atoms with van der Waals surface area (Å²) in [7, 11) is 1.52. The van der Waals surface area contributed by atoms with E-state index < -0.39 is 6.04 Å². The van der Waals surface area contributed by atoms with Crippen LogP contribution in [0.25, 0.3) is 0 Å². The van der Waals surface area contributed by atoms with Crippen molar-refractivity contribution in [3.63, 3.8) is 0 Å². The number of thiophene rings is 1. The highest BCUT2D eigenvalue weighted by Crippen LogP contribution is 2.23. The smallest absolute Gasteiger partial charge is 0.255 e. The molecule has 2 rings (SSSR count). The first kappa shape index (κ1) is 22.6. The van der Waals surface area contributed by atoms with E-state index in [0.29, 0.717) is 35.2 Å². The summed E-state index contributed by atoms with van der Waals surface area (Å²) >= 11 is 9.11. The van der Waals surface area contributed by atoms with Crippen LogP contribution in [0.2, 0.25) is 4.34 Å². The number of thioether (sulfide) groups is 1. The number of rotatable bonds is 10. The topological polar surface area (TPSA) is 58.6 Å². The molecule has 0 saturated carbocycles. The van der Waals surface area contributed by atoms with Gasteiger partial charge in [0.05, 0.1) is 23.6 Å². The molecule has 1 heterocycles. The predicted molar refractivity (Wildman–Crippen MR) is 118 cm³/mol. The zero-order chi connectivity index (χ0) is 20.5. The zero-order valence-electron chi connectivity index (χ0n) is 16.2. The summed E-state index contributed by atoms with van der Waals surface area (Å²) in [4.78, 5) is 28.7. The van der Waals surface area contributed by atoms with Gasteiger partial charge < -0.3 is 15.0 Å². The molecular formula is C20H25ClN2O3S2. The fraction of sp³-hybridized carbons (Fsp3) is 0.400. The van der Waals surface area contributed by atoms with Crippen LogP contribution in [0.5, 0.6) is 5.75 Å². The lowest BCUT2D eigenvalue weighted by molar-refractivity contribution is -0.133. The number of hydrogen-bond acceptors (Lipinski definition) is 5. The summed E-state index contributed by atoms with van der Waals surface area (Å²) in [5, 5.41) is 2.90. The summed E-state index contributed by atoms with van der Waals surface area (Å²) in [6, 6.07) is 10.1. The van der Waals surface area contributed by atoms with Gasteiger partial charge in [-0.05, 0) is 49.6 Å². The molecule has 1 aromatic heterocycles. The molecule has 0 fully saturated rings. The first-order chi connectivity index (χ1) is 13.5. The van der Waals surface area contributed by atoms with Gasteiger partial charge in [-0.2, -0.15) is 11.8 Å². The number of carbonyl (C=O) groups excluding carboxylic acids is 2. The van der Waals surface area contributed by atoms with Crippen molar-refractivity contribution in [2.45, 2.75) is 25.9 Å². The lowest BCUT2D eigenvalue weighted by atomic mass is 10.1. The lowest BCUT2D eigenvalue weighted by Gasteiger charge is -2.27. The van der Waals surface area contributed by atoms with E-state index in [9.17, 15) is 9.59 Å². The maximum absolute atomic E-state index is 13.2. The molecule has 152 valence electrons. The fourth-order valence-electron chi connectivity index (χ4n) is 2.75. The van der Waals surface area contributed by atoms with Gasteiger partial charge in [0, 0.05) is 11.4 Å². The highest BCUT2D eigenvalue weighted by atomic mass is 35.5. The molecule has 2 aromatic rings. The van der Waals surface area contributed by atoms with Crippen molar-refractivity contribution in [1.82, 2.24) is 10.2 Å². The van der Waals surface area contributed by atoms with Crippen LogP contribution in [0.1, 0.15) is 28.6 Å². The third-order valence-corrected chi connectivity index (χ3v) is 6.09. The maximum Gasteiger partial charge on any atom is 0.255 e. The molecule has 0 radical (unpaired) electrons. The van der Waals surface area contributed by atoms with Gasteiger partial charge in [-0.25, -0.2) is 0 Å². The van der Waals surface area contributed by atoms with E-state index in [2.05, 4.69) is 5.32 Å². The van der Waals surface area contributed by atoms with Gasteiger partial charge in [0.15, 0.2) is 0 Å². The molecule has 5 nitrogen and oxygen atoms in total. The third kappa shape index (κ3) is 6.15. The monoisotopic (exact) mass is 440 g/mol. The van der Waals surface area contributed by atoms with E-state index in [1.54, 1.807) is 40.9 Å². The van der Waals surface area contributed by atoms with E-state index >= 15 is 0 Å². The average Bonchev–Trinajstić information content (AvgIpc) is 3.13. The number of nitrogens with zero attached hydrogens (tertiary/aromatic N) is 1. The normalized spacial score (nSPS) is 11.7. The van der Waals surface area contributed by atoms with Crippen LogP contribution in [0.15, 0.2) is 36.4 Å². The number of amides is 2. The minimum absolute atomic E-state index is 0.0932. The standard InChI is InChI=1S/C20H25ClN2O3S2/c1-4-23(13-14-9-10-18(21)28-14)20(25)16(11-12-27-3)22-19(24)15-7-5-6-8-17(15)26-2/h5-10,16H,4,11-13H2,1-3H3,(H,22,24). The molecule has 1 aromatic carbocycles. The molecule has 0 aliphatic carbocycles. The Labute approximate surface area is 179 Å². The van der Waals surface area contributed by atoms with Crippen LogP contribution in [0, 0.1) is 0 Å². The van der Waals surface area contributed by atoms with E-state index in [1.165, 1.54) is 18.4 Å². The largest absolute Gasteiger partial charge is 0.496 e. The number of ether oxygens (including phenoxy) is 1. The number of methoxy groups -OCH3 is 1. The SMILES string of the molecule is CCN(Cc1ccc(Cl)s1)C(=O)C(CCSC)NC(=O)c1ccccc1OC. The quantitative estimate of drug-likeness (QED) is 0.598. The first-order valence-electron chi connectivity index (χ1n) is 8.96. The van der Waals surface area contributed by atoms with Gasteiger partial charge in [-0.15, -0.1) is 11.3 Å². The second-order valence-corrected chi connectivity index (χ2v) is 8.85. The van der Waals surface area contributed by atoms with E-state index in [-0.39, 0.29) is 11.8 Å². The molecule has 28 heavy (non-hydrogen) atoms. The number of carbonyl (C=O) groups is 2. The third-order valence-electron chi connectivity index (χ3n) is 4.23. The van der Waals surface area contributed by atoms with Crippen LogP contribution >= 0.6 is 34.7 Å². The molecule has 1 atom stereocenters. The summed E-state index contributed by atoms with van der Waals surface area (Å²) in [5.41, 5.74) is 0.417. The van der Waals surface area contributed by atoms with Crippen LogP contribution in [-0.2, 0) is 11.3 Å². The Balaban J connectivity index is 2.16. The van der Waals surface area contributed by atoms with E-state index in [4.69, 9.17) is 16.3 Å². The van der Waals surface area contributed by atoms with Gasteiger partial charge in [0.25, 0.3) is 5.91 Å². The molecule has 0 bridgehead atoms. The van der Waals surface area contributed by atoms with Crippen molar-refractivity contribution in [2.24, 2.45) is 0 Å². The Morgan fingerprint density at radius 3 is 2.64 bits per heavy atom. The molecule has 2 amide bonds. The molecule has 1 N–H and O–H groups in total. The molecule has 0 aliphatic rings. The van der Waals surface area contributed by atoms with Crippen molar-refractivity contribution in [3.05, 3.63) is 51.2 Å². The second kappa shape index (κ2) is 11.3. The van der Waals surface area contributed by atoms with Gasteiger partial charge in [0.2, 0.25) is 5.91 Å². The van der Waals surface area contributed by atoms with Crippen LogP contribution in [0.4, 0.5) is 0 Å². The number of benzene rings is 1. The number of para-hydroxylation sites is 1. The molecular weight excluding hydrogens is 416 g/mol. The Morgan fingerprint density at radius 1 is 1.29 bits per heavy atom. The Kier molecular flexibility index (Phi) is 9.15. The molecule has 0 saturated heterocycles. The number of likely N-dealkylation sites (N-methyl/N-ethyl adjacent to an activating group) is 1. The van der Waals surface area contributed by atoms with Crippen molar-refractivity contribution in [2.75, 3.05) is 25.7 Å². The van der Waals surface area contributed by atoms with Crippen LogP contribution in [-0.4, -0.2) is 48.4 Å². The highest BCUT2D eigenvalue weighted by Gasteiger charge is 2.26. The minimum atomic E-state index is -0.597. The van der Waals surface area contributed by atoms with Gasteiger partial charge in [-0.1, -0.05) is 23.7 Å². The van der Waals surface area contributed by atoms with E-state index in [1.807, 2.05) is 25.3 Å². The van der Waals surface area contributed by atoms with E-state index in [0.717, 1.165) is 10.6 Å².